The topological polar surface area (TPSA) is 15.3 Å². The van der Waals surface area contributed by atoms with E-state index in [-0.39, 0.29) is 5.82 Å². The van der Waals surface area contributed by atoms with Gasteiger partial charge in [0.05, 0.1) is 0 Å². The Labute approximate surface area is 116 Å². The molecule has 1 aliphatic rings. The van der Waals surface area contributed by atoms with Crippen molar-refractivity contribution in [2.75, 3.05) is 32.1 Å². The molecule has 0 saturated heterocycles. The van der Waals surface area contributed by atoms with E-state index in [9.17, 15) is 4.39 Å². The minimum absolute atomic E-state index is 0.157. The molecule has 19 heavy (non-hydrogen) atoms. The number of halogens is 1. The maximum absolute atomic E-state index is 13.3. The Hall–Kier alpha value is -1.09. The summed E-state index contributed by atoms with van der Waals surface area (Å²) in [6, 6.07) is 6.89. The highest BCUT2D eigenvalue weighted by atomic mass is 19.1. The van der Waals surface area contributed by atoms with Crippen molar-refractivity contribution in [2.24, 2.45) is 5.41 Å². The van der Waals surface area contributed by atoms with Gasteiger partial charge in [-0.1, -0.05) is 25.3 Å². The Balaban J connectivity index is 2.08. The van der Waals surface area contributed by atoms with E-state index in [1.54, 1.807) is 12.1 Å². The molecule has 0 unspecified atom stereocenters. The molecule has 1 aliphatic carbocycles. The van der Waals surface area contributed by atoms with Gasteiger partial charge in [-0.25, -0.2) is 4.39 Å². The third kappa shape index (κ3) is 3.69. The minimum Gasteiger partial charge on any atom is -0.374 e. The number of rotatable bonds is 5. The molecular weight excluding hydrogens is 239 g/mol. The lowest BCUT2D eigenvalue weighted by Crippen LogP contribution is -2.43. The first kappa shape index (κ1) is 14.3. The zero-order chi connectivity index (χ0) is 13.7. The first-order chi connectivity index (χ1) is 9.15. The maximum Gasteiger partial charge on any atom is 0.125 e. The molecule has 0 radical (unpaired) electrons. The molecule has 0 bridgehead atoms. The van der Waals surface area contributed by atoms with Crippen LogP contribution in [0.25, 0.3) is 0 Å². The lowest BCUT2D eigenvalue weighted by Gasteiger charge is -2.40. The van der Waals surface area contributed by atoms with Crippen molar-refractivity contribution in [1.29, 1.82) is 0 Å². The van der Waals surface area contributed by atoms with Crippen molar-refractivity contribution in [3.05, 3.63) is 30.1 Å². The summed E-state index contributed by atoms with van der Waals surface area (Å²) < 4.78 is 13.3. The van der Waals surface area contributed by atoms with E-state index >= 15 is 0 Å². The molecule has 1 aromatic rings. The second-order valence-corrected chi connectivity index (χ2v) is 5.93. The fourth-order valence-electron chi connectivity index (χ4n) is 3.38. The summed E-state index contributed by atoms with van der Waals surface area (Å²) in [7, 11) is 4.10. The molecule has 0 heterocycles. The highest BCUT2D eigenvalue weighted by Gasteiger charge is 2.32. The predicted octanol–water partition coefficient (Wildman–Crippen LogP) is 3.43. The standard InChI is InChI=1S/C16H25FN2/c1-18-12-16(9-4-3-5-10-16)13-19(2)15-8-6-7-14(17)11-15/h6-8,11,18H,3-5,9-10,12-13H2,1-2H3. The molecule has 0 amide bonds. The van der Waals surface area contributed by atoms with Crippen molar-refractivity contribution < 1.29 is 4.39 Å². The summed E-state index contributed by atoms with van der Waals surface area (Å²) >= 11 is 0. The Morgan fingerprint density at radius 1 is 1.26 bits per heavy atom. The fourth-order valence-corrected chi connectivity index (χ4v) is 3.38. The monoisotopic (exact) mass is 264 g/mol. The van der Waals surface area contributed by atoms with Gasteiger partial charge in [0, 0.05) is 31.2 Å². The lowest BCUT2D eigenvalue weighted by molar-refractivity contribution is 0.193. The van der Waals surface area contributed by atoms with Crippen LogP contribution in [0.15, 0.2) is 24.3 Å². The zero-order valence-electron chi connectivity index (χ0n) is 12.1. The smallest absolute Gasteiger partial charge is 0.125 e. The second-order valence-electron chi connectivity index (χ2n) is 5.93. The molecule has 1 N–H and O–H groups in total. The second kappa shape index (κ2) is 6.38. The van der Waals surface area contributed by atoms with Crippen LogP contribution >= 0.6 is 0 Å². The number of hydrogen-bond acceptors (Lipinski definition) is 2. The molecule has 0 spiro atoms. The summed E-state index contributed by atoms with van der Waals surface area (Å²) in [5, 5.41) is 3.35. The fraction of sp³-hybridized carbons (Fsp3) is 0.625. The third-order valence-corrected chi connectivity index (χ3v) is 4.29. The Morgan fingerprint density at radius 2 is 2.00 bits per heavy atom. The van der Waals surface area contributed by atoms with Crippen LogP contribution in [0.5, 0.6) is 0 Å². The van der Waals surface area contributed by atoms with E-state index < -0.39 is 0 Å². The van der Waals surface area contributed by atoms with Crippen LogP contribution in [0, 0.1) is 11.2 Å². The SMILES string of the molecule is CNCC1(CN(C)c2cccc(F)c2)CCCCC1. The molecule has 1 fully saturated rings. The summed E-state index contributed by atoms with van der Waals surface area (Å²) in [5.74, 6) is -0.157. The van der Waals surface area contributed by atoms with Crippen molar-refractivity contribution in [2.45, 2.75) is 32.1 Å². The van der Waals surface area contributed by atoms with Gasteiger partial charge in [-0.15, -0.1) is 0 Å². The van der Waals surface area contributed by atoms with Crippen LogP contribution in [0.2, 0.25) is 0 Å². The molecular formula is C16H25FN2. The van der Waals surface area contributed by atoms with Gasteiger partial charge in [0.25, 0.3) is 0 Å². The Morgan fingerprint density at radius 3 is 2.63 bits per heavy atom. The molecule has 3 heteroatoms. The van der Waals surface area contributed by atoms with Gasteiger partial charge in [0.1, 0.15) is 5.82 Å². The zero-order valence-corrected chi connectivity index (χ0v) is 12.1. The average molecular weight is 264 g/mol. The summed E-state index contributed by atoms with van der Waals surface area (Å²) in [5.41, 5.74) is 1.31. The third-order valence-electron chi connectivity index (χ3n) is 4.29. The summed E-state index contributed by atoms with van der Waals surface area (Å²) in [6.45, 7) is 2.05. The molecule has 1 aromatic carbocycles. The number of anilines is 1. The number of benzene rings is 1. The van der Waals surface area contributed by atoms with E-state index in [0.717, 1.165) is 18.8 Å². The quantitative estimate of drug-likeness (QED) is 0.876. The predicted molar refractivity (Wildman–Crippen MR) is 79.1 cm³/mol. The van der Waals surface area contributed by atoms with E-state index in [1.165, 1.54) is 38.2 Å². The Kier molecular flexibility index (Phi) is 4.81. The average Bonchev–Trinajstić information content (AvgIpc) is 2.40. The largest absolute Gasteiger partial charge is 0.374 e. The minimum atomic E-state index is -0.157. The molecule has 0 aromatic heterocycles. The van der Waals surface area contributed by atoms with Gasteiger partial charge in [0.15, 0.2) is 0 Å². The molecule has 1 saturated carbocycles. The molecule has 106 valence electrons. The summed E-state index contributed by atoms with van der Waals surface area (Å²) in [4.78, 5) is 2.20. The van der Waals surface area contributed by atoms with E-state index in [2.05, 4.69) is 17.3 Å². The highest BCUT2D eigenvalue weighted by Crippen LogP contribution is 2.37. The van der Waals surface area contributed by atoms with Crippen LogP contribution < -0.4 is 10.2 Å². The number of nitrogens with one attached hydrogen (secondary N) is 1. The first-order valence-corrected chi connectivity index (χ1v) is 7.27. The summed E-state index contributed by atoms with van der Waals surface area (Å²) in [6.07, 6.45) is 6.54. The Bertz CT molecular complexity index is 394. The van der Waals surface area contributed by atoms with Gasteiger partial charge in [-0.05, 0) is 38.1 Å². The normalized spacial score (nSPS) is 18.3. The van der Waals surface area contributed by atoms with Crippen molar-refractivity contribution in [1.82, 2.24) is 5.32 Å². The van der Waals surface area contributed by atoms with Crippen molar-refractivity contribution >= 4 is 5.69 Å². The molecule has 2 nitrogen and oxygen atoms in total. The van der Waals surface area contributed by atoms with Gasteiger partial charge < -0.3 is 10.2 Å². The van der Waals surface area contributed by atoms with Gasteiger partial charge in [0.2, 0.25) is 0 Å². The van der Waals surface area contributed by atoms with Crippen LogP contribution in [0.4, 0.5) is 10.1 Å². The van der Waals surface area contributed by atoms with Crippen LogP contribution in [-0.2, 0) is 0 Å². The highest BCUT2D eigenvalue weighted by molar-refractivity contribution is 5.45. The van der Waals surface area contributed by atoms with Gasteiger partial charge in [-0.3, -0.25) is 0 Å². The van der Waals surface area contributed by atoms with E-state index in [1.807, 2.05) is 13.1 Å². The maximum atomic E-state index is 13.3. The lowest BCUT2D eigenvalue weighted by atomic mass is 9.73. The van der Waals surface area contributed by atoms with Crippen LogP contribution in [0.1, 0.15) is 32.1 Å². The first-order valence-electron chi connectivity index (χ1n) is 7.27. The molecule has 0 atom stereocenters. The van der Waals surface area contributed by atoms with Crippen molar-refractivity contribution in [3.8, 4) is 0 Å². The molecule has 2 rings (SSSR count). The van der Waals surface area contributed by atoms with E-state index in [0.29, 0.717) is 5.41 Å². The van der Waals surface area contributed by atoms with Crippen LogP contribution in [-0.4, -0.2) is 27.2 Å². The van der Waals surface area contributed by atoms with Gasteiger partial charge >= 0.3 is 0 Å². The van der Waals surface area contributed by atoms with Crippen LogP contribution in [0.3, 0.4) is 0 Å². The van der Waals surface area contributed by atoms with E-state index in [4.69, 9.17) is 0 Å². The number of hydrogen-bond donors (Lipinski definition) is 1. The number of nitrogens with zero attached hydrogens (tertiary/aromatic N) is 1. The molecule has 0 aliphatic heterocycles. The van der Waals surface area contributed by atoms with Gasteiger partial charge in [-0.2, -0.15) is 0 Å². The van der Waals surface area contributed by atoms with Crippen molar-refractivity contribution in [3.63, 3.8) is 0 Å².